The van der Waals surface area contributed by atoms with Gasteiger partial charge < -0.3 is 5.32 Å². The predicted molar refractivity (Wildman–Crippen MR) is 69.7 cm³/mol. The number of nitrogens with zero attached hydrogens (tertiary/aromatic N) is 1. The third-order valence-electron chi connectivity index (χ3n) is 4.77. The molecule has 1 aliphatic carbocycles. The molecule has 0 bridgehead atoms. The van der Waals surface area contributed by atoms with E-state index in [9.17, 15) is 0 Å². The Labute approximate surface area is 101 Å². The zero-order chi connectivity index (χ0) is 11.6. The van der Waals surface area contributed by atoms with Crippen molar-refractivity contribution in [2.45, 2.75) is 76.9 Å². The third-order valence-corrected chi connectivity index (χ3v) is 4.77. The van der Waals surface area contributed by atoms with E-state index >= 15 is 0 Å². The number of nitrogens with one attached hydrogen (secondary N) is 1. The molecule has 1 aliphatic heterocycles. The molecule has 0 amide bonds. The maximum absolute atomic E-state index is 3.66. The first-order valence-corrected chi connectivity index (χ1v) is 7.16. The summed E-state index contributed by atoms with van der Waals surface area (Å²) in [4.78, 5) is 2.80. The van der Waals surface area contributed by atoms with Gasteiger partial charge in [-0.2, -0.15) is 0 Å². The van der Waals surface area contributed by atoms with Gasteiger partial charge in [0, 0.05) is 30.7 Å². The molecule has 2 aliphatic rings. The minimum atomic E-state index is 0.493. The highest BCUT2D eigenvalue weighted by Gasteiger charge is 2.38. The van der Waals surface area contributed by atoms with E-state index in [1.165, 1.54) is 51.6 Å². The van der Waals surface area contributed by atoms with Crippen molar-refractivity contribution < 1.29 is 0 Å². The van der Waals surface area contributed by atoms with Gasteiger partial charge in [0.15, 0.2) is 0 Å². The first-order valence-electron chi connectivity index (χ1n) is 7.16. The maximum atomic E-state index is 3.66. The number of rotatable bonds is 2. The zero-order valence-electron chi connectivity index (χ0n) is 11.3. The molecule has 1 saturated carbocycles. The van der Waals surface area contributed by atoms with Gasteiger partial charge in [-0.25, -0.2) is 0 Å². The molecule has 2 nitrogen and oxygen atoms in total. The first-order chi connectivity index (χ1) is 7.65. The van der Waals surface area contributed by atoms with E-state index in [1.54, 1.807) is 0 Å². The Morgan fingerprint density at radius 2 is 1.94 bits per heavy atom. The molecule has 1 saturated heterocycles. The van der Waals surface area contributed by atoms with Gasteiger partial charge in [0.1, 0.15) is 0 Å². The van der Waals surface area contributed by atoms with Crippen LogP contribution in [0.5, 0.6) is 0 Å². The summed E-state index contributed by atoms with van der Waals surface area (Å²) in [5, 5.41) is 3.66. The van der Waals surface area contributed by atoms with Gasteiger partial charge in [0.25, 0.3) is 0 Å². The zero-order valence-corrected chi connectivity index (χ0v) is 11.3. The van der Waals surface area contributed by atoms with Crippen LogP contribution in [0.4, 0.5) is 0 Å². The van der Waals surface area contributed by atoms with Crippen LogP contribution in [0.15, 0.2) is 0 Å². The summed E-state index contributed by atoms with van der Waals surface area (Å²) in [7, 11) is 0. The van der Waals surface area contributed by atoms with Gasteiger partial charge in [-0.15, -0.1) is 0 Å². The van der Waals surface area contributed by atoms with Gasteiger partial charge in [-0.1, -0.05) is 26.2 Å². The van der Waals surface area contributed by atoms with Crippen LogP contribution in [-0.4, -0.2) is 35.6 Å². The van der Waals surface area contributed by atoms with Gasteiger partial charge >= 0.3 is 0 Å². The first kappa shape index (κ1) is 12.4. The molecule has 1 heterocycles. The standard InChI is InChI=1S/C14H28N2/c1-4-13-11-16(12(2)10-15-13)14(3)8-6-5-7-9-14/h12-13,15H,4-11H2,1-3H3. The van der Waals surface area contributed by atoms with Crippen molar-refractivity contribution in [1.29, 1.82) is 0 Å². The van der Waals surface area contributed by atoms with Gasteiger partial charge in [-0.05, 0) is 33.1 Å². The second-order valence-electron chi connectivity index (χ2n) is 6.07. The summed E-state index contributed by atoms with van der Waals surface area (Å²) in [6.45, 7) is 9.62. The maximum Gasteiger partial charge on any atom is 0.0198 e. The molecule has 2 fully saturated rings. The lowest BCUT2D eigenvalue weighted by molar-refractivity contribution is 0.00294. The van der Waals surface area contributed by atoms with E-state index in [2.05, 4.69) is 31.0 Å². The van der Waals surface area contributed by atoms with E-state index in [4.69, 9.17) is 0 Å². The SMILES string of the molecule is CCC1CN(C2(C)CCCCC2)C(C)CN1. The summed E-state index contributed by atoms with van der Waals surface area (Å²) in [5.41, 5.74) is 0.493. The monoisotopic (exact) mass is 224 g/mol. The van der Waals surface area contributed by atoms with Crippen LogP contribution >= 0.6 is 0 Å². The fourth-order valence-corrected chi connectivity index (χ4v) is 3.56. The summed E-state index contributed by atoms with van der Waals surface area (Å²) >= 11 is 0. The smallest absolute Gasteiger partial charge is 0.0198 e. The Morgan fingerprint density at radius 3 is 2.56 bits per heavy atom. The molecule has 0 radical (unpaired) electrons. The molecule has 2 atom stereocenters. The minimum absolute atomic E-state index is 0.493. The van der Waals surface area contributed by atoms with Crippen LogP contribution in [0, 0.1) is 0 Å². The molecule has 94 valence electrons. The largest absolute Gasteiger partial charge is 0.311 e. The normalized spacial score (nSPS) is 36.2. The van der Waals surface area contributed by atoms with E-state index in [0.29, 0.717) is 11.6 Å². The molecule has 2 unspecified atom stereocenters. The lowest BCUT2D eigenvalue weighted by atomic mass is 9.80. The molecule has 1 N–H and O–H groups in total. The predicted octanol–water partition coefficient (Wildman–Crippen LogP) is 2.78. The Kier molecular flexibility index (Phi) is 3.91. The molecular weight excluding hydrogens is 196 g/mol. The highest BCUT2D eigenvalue weighted by atomic mass is 15.3. The Morgan fingerprint density at radius 1 is 1.25 bits per heavy atom. The van der Waals surface area contributed by atoms with Crippen LogP contribution in [0.2, 0.25) is 0 Å². The van der Waals surface area contributed by atoms with Crippen LogP contribution in [-0.2, 0) is 0 Å². The molecule has 0 aromatic carbocycles. The van der Waals surface area contributed by atoms with Crippen LogP contribution < -0.4 is 5.32 Å². The number of hydrogen-bond donors (Lipinski definition) is 1. The van der Waals surface area contributed by atoms with E-state index < -0.39 is 0 Å². The van der Waals surface area contributed by atoms with Crippen molar-refractivity contribution in [3.63, 3.8) is 0 Å². The summed E-state index contributed by atoms with van der Waals surface area (Å²) in [6.07, 6.45) is 8.40. The summed E-state index contributed by atoms with van der Waals surface area (Å²) < 4.78 is 0. The van der Waals surface area contributed by atoms with Crippen molar-refractivity contribution in [3.8, 4) is 0 Å². The molecule has 2 heteroatoms. The lowest BCUT2D eigenvalue weighted by Crippen LogP contribution is -2.62. The molecule has 2 rings (SSSR count). The lowest BCUT2D eigenvalue weighted by Gasteiger charge is -2.51. The molecule has 0 spiro atoms. The molecular formula is C14H28N2. The van der Waals surface area contributed by atoms with Crippen molar-refractivity contribution in [1.82, 2.24) is 10.2 Å². The van der Waals surface area contributed by atoms with Crippen LogP contribution in [0.25, 0.3) is 0 Å². The fraction of sp³-hybridized carbons (Fsp3) is 1.00. The van der Waals surface area contributed by atoms with Crippen molar-refractivity contribution in [3.05, 3.63) is 0 Å². The second-order valence-corrected chi connectivity index (χ2v) is 6.07. The second kappa shape index (κ2) is 5.05. The van der Waals surface area contributed by atoms with Gasteiger partial charge in [0.2, 0.25) is 0 Å². The van der Waals surface area contributed by atoms with E-state index in [1.807, 2.05) is 0 Å². The van der Waals surface area contributed by atoms with Crippen molar-refractivity contribution in [2.24, 2.45) is 0 Å². The van der Waals surface area contributed by atoms with Gasteiger partial charge in [-0.3, -0.25) is 4.90 Å². The third kappa shape index (κ3) is 2.43. The Balaban J connectivity index is 2.04. The van der Waals surface area contributed by atoms with Gasteiger partial charge in [0.05, 0.1) is 0 Å². The van der Waals surface area contributed by atoms with E-state index in [-0.39, 0.29) is 0 Å². The van der Waals surface area contributed by atoms with Crippen LogP contribution in [0.3, 0.4) is 0 Å². The number of piperazine rings is 1. The molecule has 0 aromatic rings. The fourth-order valence-electron chi connectivity index (χ4n) is 3.56. The Hall–Kier alpha value is -0.0800. The topological polar surface area (TPSA) is 15.3 Å². The highest BCUT2D eigenvalue weighted by molar-refractivity contribution is 4.96. The average Bonchev–Trinajstić information content (AvgIpc) is 2.30. The van der Waals surface area contributed by atoms with Crippen molar-refractivity contribution >= 4 is 0 Å². The summed E-state index contributed by atoms with van der Waals surface area (Å²) in [5.74, 6) is 0. The van der Waals surface area contributed by atoms with E-state index in [0.717, 1.165) is 6.04 Å². The molecule has 0 aromatic heterocycles. The van der Waals surface area contributed by atoms with Crippen LogP contribution in [0.1, 0.15) is 59.3 Å². The minimum Gasteiger partial charge on any atom is -0.311 e. The summed E-state index contributed by atoms with van der Waals surface area (Å²) in [6, 6.07) is 1.43. The molecule has 16 heavy (non-hydrogen) atoms. The Bertz CT molecular complexity index is 221. The van der Waals surface area contributed by atoms with Crippen molar-refractivity contribution in [2.75, 3.05) is 13.1 Å². The highest BCUT2D eigenvalue weighted by Crippen LogP contribution is 2.35. The average molecular weight is 224 g/mol. The number of hydrogen-bond acceptors (Lipinski definition) is 2. The quantitative estimate of drug-likeness (QED) is 0.776.